The fraction of sp³-hybridized carbons (Fsp3) is 0.533. The molecule has 4 heteroatoms. The molecule has 0 spiro atoms. The molecule has 188 valence electrons. The number of anilines is 1. The van der Waals surface area contributed by atoms with Crippen molar-refractivity contribution < 1.29 is 14.3 Å². The molecule has 0 aliphatic heterocycles. The van der Waals surface area contributed by atoms with Crippen LogP contribution in [0.3, 0.4) is 0 Å². The minimum absolute atomic E-state index is 0.163. The smallest absolute Gasteiger partial charge is 0.211 e. The Balaban J connectivity index is 0.000000256. The lowest BCUT2D eigenvalue weighted by atomic mass is 9.81. The molecule has 0 bridgehead atoms. The number of methoxy groups -OCH3 is 1. The van der Waals surface area contributed by atoms with E-state index in [9.17, 15) is 9.59 Å². The Morgan fingerprint density at radius 3 is 2.24 bits per heavy atom. The number of carbonyl (C=O) groups is 2. The highest BCUT2D eigenvalue weighted by Crippen LogP contribution is 2.30. The van der Waals surface area contributed by atoms with E-state index in [1.807, 2.05) is 44.2 Å². The number of benzene rings is 2. The molecule has 1 aliphatic rings. The second-order valence-corrected chi connectivity index (χ2v) is 9.37. The molecule has 0 saturated heterocycles. The van der Waals surface area contributed by atoms with Crippen molar-refractivity contribution in [2.24, 2.45) is 11.8 Å². The average molecular weight is 468 g/mol. The van der Waals surface area contributed by atoms with E-state index in [0.29, 0.717) is 6.41 Å². The summed E-state index contributed by atoms with van der Waals surface area (Å²) in [6.45, 7) is 12.4. The van der Waals surface area contributed by atoms with E-state index in [2.05, 4.69) is 26.1 Å². The summed E-state index contributed by atoms with van der Waals surface area (Å²) in [5.41, 5.74) is 5.06. The quantitative estimate of drug-likeness (QED) is 0.332. The van der Waals surface area contributed by atoms with Crippen LogP contribution in [-0.2, 0) is 11.2 Å². The Kier molecular flexibility index (Phi) is 13.9. The van der Waals surface area contributed by atoms with E-state index in [1.165, 1.54) is 49.7 Å². The number of Topliss-reactive ketones (excluding diaryl/α,β-unsaturated/α-hetero) is 1. The van der Waals surface area contributed by atoms with Gasteiger partial charge in [-0.2, -0.15) is 0 Å². The predicted octanol–water partition coefficient (Wildman–Crippen LogP) is 7.94. The monoisotopic (exact) mass is 467 g/mol. The summed E-state index contributed by atoms with van der Waals surface area (Å²) in [7, 11) is 1.60. The summed E-state index contributed by atoms with van der Waals surface area (Å²) >= 11 is 0. The number of aryl methyl sites for hydroxylation is 2. The molecule has 0 heterocycles. The van der Waals surface area contributed by atoms with E-state index < -0.39 is 0 Å². The molecule has 0 atom stereocenters. The van der Waals surface area contributed by atoms with Crippen molar-refractivity contribution >= 4 is 17.9 Å². The summed E-state index contributed by atoms with van der Waals surface area (Å²) in [6.07, 6.45) is 10.4. The van der Waals surface area contributed by atoms with Gasteiger partial charge in [-0.05, 0) is 61.8 Å². The van der Waals surface area contributed by atoms with Gasteiger partial charge in [-0.15, -0.1) is 0 Å². The van der Waals surface area contributed by atoms with Crippen molar-refractivity contribution in [1.29, 1.82) is 0 Å². The molecule has 1 amide bonds. The van der Waals surface area contributed by atoms with E-state index >= 15 is 0 Å². The van der Waals surface area contributed by atoms with Crippen LogP contribution in [0.25, 0.3) is 0 Å². The highest BCUT2D eigenvalue weighted by Gasteiger charge is 2.16. The molecule has 0 aromatic heterocycles. The number of ketones is 1. The number of amides is 1. The van der Waals surface area contributed by atoms with Gasteiger partial charge in [-0.25, -0.2) is 0 Å². The van der Waals surface area contributed by atoms with Crippen molar-refractivity contribution in [2.75, 3.05) is 12.4 Å². The third-order valence-corrected chi connectivity index (χ3v) is 6.61. The molecule has 1 N–H and O–H groups in total. The zero-order valence-electron chi connectivity index (χ0n) is 22.4. The van der Waals surface area contributed by atoms with E-state index in [1.54, 1.807) is 20.1 Å². The molecule has 2 aromatic rings. The predicted molar refractivity (Wildman–Crippen MR) is 144 cm³/mol. The largest absolute Gasteiger partial charge is 0.496 e. The van der Waals surface area contributed by atoms with Crippen LogP contribution >= 0.6 is 0 Å². The van der Waals surface area contributed by atoms with Gasteiger partial charge in [-0.3, -0.25) is 9.59 Å². The SMILES string of the molecule is CCCC1CCC(C)CC1.CCc1c(C)cccc1C(C)=O.COc1cc(NC=O)ccc1C. The van der Waals surface area contributed by atoms with Gasteiger partial charge < -0.3 is 10.1 Å². The number of hydrogen-bond acceptors (Lipinski definition) is 3. The minimum Gasteiger partial charge on any atom is -0.496 e. The molecular formula is C30H45NO3. The van der Waals surface area contributed by atoms with Gasteiger partial charge in [0.05, 0.1) is 7.11 Å². The Labute approximate surface area is 207 Å². The molecule has 0 unspecified atom stereocenters. The summed E-state index contributed by atoms with van der Waals surface area (Å²) in [4.78, 5) is 21.3. The molecule has 1 aliphatic carbocycles. The van der Waals surface area contributed by atoms with E-state index in [4.69, 9.17) is 4.74 Å². The van der Waals surface area contributed by atoms with Gasteiger partial charge in [0.25, 0.3) is 0 Å². The van der Waals surface area contributed by atoms with Crippen LogP contribution < -0.4 is 10.1 Å². The van der Waals surface area contributed by atoms with Gasteiger partial charge in [-0.1, -0.05) is 83.6 Å². The number of nitrogens with one attached hydrogen (secondary N) is 1. The zero-order chi connectivity index (χ0) is 25.5. The molecule has 4 nitrogen and oxygen atoms in total. The lowest BCUT2D eigenvalue weighted by Crippen LogP contribution is -2.11. The van der Waals surface area contributed by atoms with Gasteiger partial charge in [0.15, 0.2) is 5.78 Å². The Hall–Kier alpha value is -2.62. The first-order chi connectivity index (χ1) is 16.3. The number of carbonyl (C=O) groups excluding carboxylic acids is 2. The van der Waals surface area contributed by atoms with Gasteiger partial charge >= 0.3 is 0 Å². The van der Waals surface area contributed by atoms with Crippen LogP contribution in [0, 0.1) is 25.7 Å². The molecule has 0 radical (unpaired) electrons. The van der Waals surface area contributed by atoms with E-state index in [-0.39, 0.29) is 5.78 Å². The summed E-state index contributed by atoms with van der Waals surface area (Å²) in [6, 6.07) is 11.4. The standard InChI is InChI=1S/C11H14O.C10H20.C9H11NO2/c1-4-10-8(2)6-5-7-11(10)9(3)12;1-3-4-10-7-5-9(2)6-8-10;1-7-3-4-8(10-6-11)5-9(7)12-2/h5-7H,4H2,1-3H3;9-10H,3-8H2,1-2H3;3-6H,1-2H3,(H,10,11). The van der Waals surface area contributed by atoms with Crippen molar-refractivity contribution in [1.82, 2.24) is 0 Å². The van der Waals surface area contributed by atoms with Crippen LogP contribution in [-0.4, -0.2) is 19.3 Å². The van der Waals surface area contributed by atoms with Crippen LogP contribution in [0.2, 0.25) is 0 Å². The summed E-state index contributed by atoms with van der Waals surface area (Å²) in [5, 5.41) is 2.55. The van der Waals surface area contributed by atoms with Crippen molar-refractivity contribution in [3.8, 4) is 5.75 Å². The fourth-order valence-electron chi connectivity index (χ4n) is 4.51. The molecule has 2 aromatic carbocycles. The Morgan fingerprint density at radius 1 is 1.06 bits per heavy atom. The lowest BCUT2D eigenvalue weighted by molar-refractivity contribution is -0.105. The summed E-state index contributed by atoms with van der Waals surface area (Å²) < 4.78 is 5.08. The van der Waals surface area contributed by atoms with Crippen LogP contribution in [0.4, 0.5) is 5.69 Å². The van der Waals surface area contributed by atoms with Crippen LogP contribution in [0.15, 0.2) is 36.4 Å². The normalized spacial score (nSPS) is 16.8. The first-order valence-corrected chi connectivity index (χ1v) is 12.7. The zero-order valence-corrected chi connectivity index (χ0v) is 22.4. The van der Waals surface area contributed by atoms with Crippen molar-refractivity contribution in [3.05, 3.63) is 58.7 Å². The van der Waals surface area contributed by atoms with Gasteiger partial charge in [0.2, 0.25) is 6.41 Å². The van der Waals surface area contributed by atoms with Crippen LogP contribution in [0.5, 0.6) is 5.75 Å². The van der Waals surface area contributed by atoms with Crippen LogP contribution in [0.1, 0.15) is 93.3 Å². The second-order valence-electron chi connectivity index (χ2n) is 9.37. The maximum atomic E-state index is 11.2. The number of rotatable bonds is 7. The van der Waals surface area contributed by atoms with Gasteiger partial charge in [0.1, 0.15) is 5.75 Å². The Bertz CT molecular complexity index is 883. The Morgan fingerprint density at radius 2 is 1.74 bits per heavy atom. The van der Waals surface area contributed by atoms with Gasteiger partial charge in [0, 0.05) is 17.3 Å². The highest BCUT2D eigenvalue weighted by molar-refractivity contribution is 5.95. The highest BCUT2D eigenvalue weighted by atomic mass is 16.5. The topological polar surface area (TPSA) is 55.4 Å². The summed E-state index contributed by atoms with van der Waals surface area (Å²) in [5.74, 6) is 3.05. The van der Waals surface area contributed by atoms with Crippen molar-refractivity contribution in [3.63, 3.8) is 0 Å². The number of hydrogen-bond donors (Lipinski definition) is 1. The maximum Gasteiger partial charge on any atom is 0.211 e. The van der Waals surface area contributed by atoms with E-state index in [0.717, 1.165) is 40.8 Å². The third kappa shape index (κ3) is 10.1. The van der Waals surface area contributed by atoms with Crippen molar-refractivity contribution in [2.45, 2.75) is 86.5 Å². The lowest BCUT2D eigenvalue weighted by Gasteiger charge is -2.25. The molecule has 34 heavy (non-hydrogen) atoms. The molecular weight excluding hydrogens is 422 g/mol. The molecule has 1 fully saturated rings. The first kappa shape index (κ1) is 29.4. The number of ether oxygens (including phenoxy) is 1. The molecule has 3 rings (SSSR count). The second kappa shape index (κ2) is 16.1. The fourth-order valence-corrected chi connectivity index (χ4v) is 4.51. The third-order valence-electron chi connectivity index (χ3n) is 6.61. The molecule has 1 saturated carbocycles. The minimum atomic E-state index is 0.163. The first-order valence-electron chi connectivity index (χ1n) is 12.7. The average Bonchev–Trinajstić information content (AvgIpc) is 2.82. The maximum absolute atomic E-state index is 11.2.